The SMILES string of the molecule is CC(O)C1CCN(Cc2cccc(/C(N)=N/O)c2F)C1. The molecule has 2 unspecified atom stereocenters. The van der Waals surface area contributed by atoms with Crippen molar-refractivity contribution in [3.63, 3.8) is 0 Å². The van der Waals surface area contributed by atoms with Gasteiger partial charge >= 0.3 is 0 Å². The van der Waals surface area contributed by atoms with E-state index in [1.165, 1.54) is 6.07 Å². The summed E-state index contributed by atoms with van der Waals surface area (Å²) >= 11 is 0. The van der Waals surface area contributed by atoms with Gasteiger partial charge in [0.2, 0.25) is 0 Å². The van der Waals surface area contributed by atoms with Crippen molar-refractivity contribution in [2.75, 3.05) is 13.1 Å². The molecule has 4 N–H and O–H groups in total. The van der Waals surface area contributed by atoms with Crippen LogP contribution in [-0.2, 0) is 6.54 Å². The monoisotopic (exact) mass is 281 g/mol. The van der Waals surface area contributed by atoms with Crippen LogP contribution in [0.25, 0.3) is 0 Å². The van der Waals surface area contributed by atoms with E-state index in [0.717, 1.165) is 19.5 Å². The summed E-state index contributed by atoms with van der Waals surface area (Å²) in [6.45, 7) is 3.84. The molecule has 1 aliphatic rings. The predicted molar refractivity (Wildman–Crippen MR) is 74.0 cm³/mol. The fourth-order valence-electron chi connectivity index (χ4n) is 2.59. The zero-order valence-corrected chi connectivity index (χ0v) is 11.5. The summed E-state index contributed by atoms with van der Waals surface area (Å²) in [6, 6.07) is 4.86. The van der Waals surface area contributed by atoms with Crippen LogP contribution in [0, 0.1) is 11.7 Å². The maximum Gasteiger partial charge on any atom is 0.173 e. The van der Waals surface area contributed by atoms with Gasteiger partial charge in [-0.1, -0.05) is 17.3 Å². The third-order valence-electron chi connectivity index (χ3n) is 3.85. The van der Waals surface area contributed by atoms with Crippen LogP contribution in [0.3, 0.4) is 0 Å². The van der Waals surface area contributed by atoms with Gasteiger partial charge in [0.1, 0.15) is 5.82 Å². The molecule has 0 spiro atoms. The number of aliphatic hydroxyl groups is 1. The molecule has 0 aliphatic carbocycles. The lowest BCUT2D eigenvalue weighted by molar-refractivity contribution is 0.127. The normalized spacial score (nSPS) is 22.1. The predicted octanol–water partition coefficient (Wildman–Crippen LogP) is 1.12. The molecule has 1 aliphatic heterocycles. The Hall–Kier alpha value is -1.66. The Kier molecular flexibility index (Phi) is 4.57. The highest BCUT2D eigenvalue weighted by Gasteiger charge is 2.26. The molecular weight excluding hydrogens is 261 g/mol. The van der Waals surface area contributed by atoms with Crippen molar-refractivity contribution in [3.8, 4) is 0 Å². The molecule has 2 rings (SSSR count). The van der Waals surface area contributed by atoms with Crippen molar-refractivity contribution in [1.82, 2.24) is 4.90 Å². The van der Waals surface area contributed by atoms with Gasteiger partial charge in [-0.3, -0.25) is 4.90 Å². The Morgan fingerprint density at radius 1 is 1.60 bits per heavy atom. The summed E-state index contributed by atoms with van der Waals surface area (Å²) in [5, 5.41) is 21.1. The summed E-state index contributed by atoms with van der Waals surface area (Å²) in [6.07, 6.45) is 0.576. The molecule has 20 heavy (non-hydrogen) atoms. The van der Waals surface area contributed by atoms with E-state index in [1.54, 1.807) is 19.1 Å². The number of hydrogen-bond donors (Lipinski definition) is 3. The Morgan fingerprint density at radius 2 is 2.35 bits per heavy atom. The fraction of sp³-hybridized carbons (Fsp3) is 0.500. The van der Waals surface area contributed by atoms with Crippen molar-refractivity contribution >= 4 is 5.84 Å². The van der Waals surface area contributed by atoms with Gasteiger partial charge in [-0.25, -0.2) is 4.39 Å². The first-order valence-electron chi connectivity index (χ1n) is 6.68. The second kappa shape index (κ2) is 6.19. The minimum atomic E-state index is -0.455. The first-order chi connectivity index (χ1) is 9.52. The third kappa shape index (κ3) is 3.08. The zero-order chi connectivity index (χ0) is 14.7. The molecule has 0 amide bonds. The van der Waals surface area contributed by atoms with Crippen molar-refractivity contribution in [1.29, 1.82) is 0 Å². The molecule has 1 saturated heterocycles. The zero-order valence-electron chi connectivity index (χ0n) is 11.5. The highest BCUT2D eigenvalue weighted by molar-refractivity contribution is 5.97. The lowest BCUT2D eigenvalue weighted by Gasteiger charge is -2.18. The summed E-state index contributed by atoms with van der Waals surface area (Å²) in [5.74, 6) is -0.443. The summed E-state index contributed by atoms with van der Waals surface area (Å²) in [4.78, 5) is 2.10. The van der Waals surface area contributed by atoms with Gasteiger partial charge in [0.25, 0.3) is 0 Å². The van der Waals surface area contributed by atoms with E-state index < -0.39 is 5.82 Å². The Balaban J connectivity index is 2.11. The molecule has 0 radical (unpaired) electrons. The van der Waals surface area contributed by atoms with Crippen molar-refractivity contribution in [2.24, 2.45) is 16.8 Å². The number of nitrogens with zero attached hydrogens (tertiary/aromatic N) is 2. The average molecular weight is 281 g/mol. The number of benzene rings is 1. The number of aliphatic hydroxyl groups excluding tert-OH is 1. The number of oxime groups is 1. The number of hydrogen-bond acceptors (Lipinski definition) is 4. The van der Waals surface area contributed by atoms with Crippen LogP contribution in [0.4, 0.5) is 4.39 Å². The van der Waals surface area contributed by atoms with E-state index >= 15 is 0 Å². The first-order valence-corrected chi connectivity index (χ1v) is 6.68. The highest BCUT2D eigenvalue weighted by atomic mass is 19.1. The molecule has 0 aromatic heterocycles. The summed E-state index contributed by atoms with van der Waals surface area (Å²) in [7, 11) is 0. The number of nitrogens with two attached hydrogens (primary N) is 1. The maximum absolute atomic E-state index is 14.3. The molecule has 1 aromatic carbocycles. The van der Waals surface area contributed by atoms with E-state index in [2.05, 4.69) is 10.1 Å². The minimum Gasteiger partial charge on any atom is -0.409 e. The first kappa shape index (κ1) is 14.7. The van der Waals surface area contributed by atoms with Gasteiger partial charge in [0.05, 0.1) is 11.7 Å². The molecule has 1 aromatic rings. The molecule has 2 atom stereocenters. The van der Waals surface area contributed by atoms with Gasteiger partial charge in [0, 0.05) is 18.7 Å². The Morgan fingerprint density at radius 3 is 2.95 bits per heavy atom. The molecule has 0 bridgehead atoms. The van der Waals surface area contributed by atoms with Gasteiger partial charge in [-0.15, -0.1) is 0 Å². The topological polar surface area (TPSA) is 82.1 Å². The number of rotatable bonds is 4. The lowest BCUT2D eigenvalue weighted by atomic mass is 10.0. The van der Waals surface area contributed by atoms with Crippen molar-refractivity contribution in [3.05, 3.63) is 35.1 Å². The fourth-order valence-corrected chi connectivity index (χ4v) is 2.59. The molecule has 1 heterocycles. The second-order valence-corrected chi connectivity index (χ2v) is 5.29. The second-order valence-electron chi connectivity index (χ2n) is 5.29. The average Bonchev–Trinajstić information content (AvgIpc) is 2.89. The Labute approximate surface area is 117 Å². The standard InChI is InChI=1S/C14H20FN3O2/c1-9(19)10-5-6-18(7-10)8-11-3-2-4-12(13(11)15)14(16)17-20/h2-4,9-10,19-20H,5-8H2,1H3,(H2,16,17). The smallest absolute Gasteiger partial charge is 0.173 e. The van der Waals surface area contributed by atoms with Crippen LogP contribution >= 0.6 is 0 Å². The van der Waals surface area contributed by atoms with Crippen molar-refractivity contribution < 1.29 is 14.7 Å². The van der Waals surface area contributed by atoms with Crippen LogP contribution in [0.5, 0.6) is 0 Å². The van der Waals surface area contributed by atoms with Gasteiger partial charge in [-0.2, -0.15) is 0 Å². The largest absolute Gasteiger partial charge is 0.409 e. The molecule has 0 saturated carbocycles. The third-order valence-corrected chi connectivity index (χ3v) is 3.85. The molecule has 6 heteroatoms. The number of halogens is 1. The maximum atomic E-state index is 14.3. The van der Waals surface area contributed by atoms with E-state index in [1.807, 2.05) is 0 Å². The number of amidine groups is 1. The summed E-state index contributed by atoms with van der Waals surface area (Å²) in [5.41, 5.74) is 6.07. The quantitative estimate of drug-likeness (QED) is 0.334. The van der Waals surface area contributed by atoms with E-state index in [4.69, 9.17) is 10.9 Å². The molecule has 110 valence electrons. The van der Waals surface area contributed by atoms with Crippen LogP contribution < -0.4 is 5.73 Å². The van der Waals surface area contributed by atoms with Crippen LogP contribution in [0.1, 0.15) is 24.5 Å². The van der Waals surface area contributed by atoms with Crippen LogP contribution in [0.15, 0.2) is 23.4 Å². The van der Waals surface area contributed by atoms with E-state index in [-0.39, 0.29) is 23.4 Å². The number of likely N-dealkylation sites (tertiary alicyclic amines) is 1. The van der Waals surface area contributed by atoms with Gasteiger partial charge in [-0.05, 0) is 31.9 Å². The van der Waals surface area contributed by atoms with E-state index in [0.29, 0.717) is 12.1 Å². The van der Waals surface area contributed by atoms with Crippen LogP contribution in [0.2, 0.25) is 0 Å². The molecular formula is C14H20FN3O2. The van der Waals surface area contributed by atoms with Crippen molar-refractivity contribution in [2.45, 2.75) is 26.0 Å². The molecule has 5 nitrogen and oxygen atoms in total. The lowest BCUT2D eigenvalue weighted by Crippen LogP contribution is -2.25. The molecule has 1 fully saturated rings. The highest BCUT2D eigenvalue weighted by Crippen LogP contribution is 2.23. The summed E-state index contributed by atoms with van der Waals surface area (Å²) < 4.78 is 14.3. The van der Waals surface area contributed by atoms with E-state index in [9.17, 15) is 9.50 Å². The van der Waals surface area contributed by atoms with Gasteiger partial charge < -0.3 is 16.0 Å². The van der Waals surface area contributed by atoms with Crippen LogP contribution in [-0.4, -0.2) is 40.2 Å². The minimum absolute atomic E-state index is 0.108. The van der Waals surface area contributed by atoms with Gasteiger partial charge in [0.15, 0.2) is 5.84 Å². The Bertz CT molecular complexity index is 505.